The van der Waals surface area contributed by atoms with Crippen LogP contribution in [-0.4, -0.2) is 30.2 Å². The third kappa shape index (κ3) is 4.30. The van der Waals surface area contributed by atoms with Crippen LogP contribution in [0.4, 0.5) is 5.69 Å². The van der Waals surface area contributed by atoms with Crippen LogP contribution in [-0.2, 0) is 9.53 Å². The second kappa shape index (κ2) is 8.62. The maximum Gasteiger partial charge on any atom is 0.311 e. The van der Waals surface area contributed by atoms with E-state index in [1.807, 2.05) is 0 Å². The van der Waals surface area contributed by atoms with Crippen LogP contribution in [0.25, 0.3) is 0 Å². The molecule has 1 aliphatic carbocycles. The smallest absolute Gasteiger partial charge is 0.311 e. The Balaban J connectivity index is 2.47. The van der Waals surface area contributed by atoms with Gasteiger partial charge in [0.2, 0.25) is 0 Å². The molecule has 0 bridgehead atoms. The number of rotatable bonds is 6. The van der Waals surface area contributed by atoms with Gasteiger partial charge in [0.15, 0.2) is 0 Å². The van der Waals surface area contributed by atoms with Crippen molar-refractivity contribution in [2.24, 2.45) is 11.8 Å². The summed E-state index contributed by atoms with van der Waals surface area (Å²) < 4.78 is 10.4. The molecule has 25 heavy (non-hydrogen) atoms. The number of nitrogens with zero attached hydrogens (tertiary/aromatic N) is 1. The summed E-state index contributed by atoms with van der Waals surface area (Å²) in [7, 11) is 2.67. The molecule has 2 atom stereocenters. The lowest BCUT2D eigenvalue weighted by atomic mass is 9.76. The number of hydrogen-bond donors (Lipinski definition) is 1. The molecule has 0 saturated heterocycles. The third-order valence-electron chi connectivity index (χ3n) is 4.79. The van der Waals surface area contributed by atoms with Crippen molar-refractivity contribution in [2.75, 3.05) is 14.2 Å². The number of esters is 1. The molecule has 0 amide bonds. The largest absolute Gasteiger partial charge is 0.495 e. The Bertz CT molecular complexity index is 644. The van der Waals surface area contributed by atoms with Gasteiger partial charge in [-0.25, -0.2) is 0 Å². The number of aliphatic hydroxyl groups is 1. The van der Waals surface area contributed by atoms with Crippen LogP contribution in [0.2, 0.25) is 0 Å². The van der Waals surface area contributed by atoms with E-state index in [2.05, 4.69) is 15.9 Å². The fourth-order valence-corrected chi connectivity index (χ4v) is 4.03. The predicted octanol–water partition coefficient (Wildman–Crippen LogP) is 3.77. The highest BCUT2D eigenvalue weighted by molar-refractivity contribution is 9.10. The molecule has 0 aromatic heterocycles. The number of nitro groups is 1. The Hall–Kier alpha value is -1.67. The Morgan fingerprint density at radius 2 is 1.96 bits per heavy atom. The molecule has 0 heterocycles. The second-order valence-electron chi connectivity index (χ2n) is 6.19. The highest BCUT2D eigenvalue weighted by Gasteiger charge is 2.39. The van der Waals surface area contributed by atoms with Gasteiger partial charge in [-0.15, -0.1) is 0 Å². The summed E-state index contributed by atoms with van der Waals surface area (Å²) in [5, 5.41) is 22.3. The summed E-state index contributed by atoms with van der Waals surface area (Å²) in [4.78, 5) is 23.2. The van der Waals surface area contributed by atoms with Crippen molar-refractivity contribution in [1.29, 1.82) is 0 Å². The average Bonchev–Trinajstić information content (AvgIpc) is 2.62. The molecular formula is C17H22BrNO6. The minimum Gasteiger partial charge on any atom is -0.495 e. The van der Waals surface area contributed by atoms with E-state index in [4.69, 9.17) is 9.47 Å². The molecule has 1 aliphatic rings. The van der Waals surface area contributed by atoms with Gasteiger partial charge >= 0.3 is 5.97 Å². The quantitative estimate of drug-likeness (QED) is 0.431. The number of nitro benzene ring substituents is 1. The molecule has 1 N–H and O–H groups in total. The standard InChI is InChI=1S/C17H22BrNO6/c1-24-14-9-13(19(22)23)11(8-12(14)18)16(20)15(17(21)25-2)10-6-4-3-5-7-10/h8-10,15-16,20H,3-7H2,1-2H3. The fraction of sp³-hybridized carbons (Fsp3) is 0.588. The normalized spacial score (nSPS) is 17.6. The van der Waals surface area contributed by atoms with Crippen LogP contribution in [0.1, 0.15) is 43.8 Å². The van der Waals surface area contributed by atoms with E-state index in [9.17, 15) is 20.0 Å². The lowest BCUT2D eigenvalue weighted by molar-refractivity contribution is -0.386. The fourth-order valence-electron chi connectivity index (χ4n) is 3.51. The highest BCUT2D eigenvalue weighted by atomic mass is 79.9. The first-order chi connectivity index (χ1) is 11.9. The zero-order chi connectivity index (χ0) is 18.6. The van der Waals surface area contributed by atoms with E-state index in [0.29, 0.717) is 4.47 Å². The lowest BCUT2D eigenvalue weighted by Gasteiger charge is -2.31. The highest BCUT2D eigenvalue weighted by Crippen LogP contribution is 2.43. The molecule has 138 valence electrons. The molecule has 2 unspecified atom stereocenters. The maximum atomic E-state index is 12.3. The van der Waals surface area contributed by atoms with Crippen molar-refractivity contribution in [2.45, 2.75) is 38.2 Å². The number of carbonyl (C=O) groups is 1. The van der Waals surface area contributed by atoms with Gasteiger partial charge in [0.05, 0.1) is 47.3 Å². The molecule has 1 fully saturated rings. The van der Waals surface area contributed by atoms with Gasteiger partial charge in [-0.05, 0) is 40.8 Å². The van der Waals surface area contributed by atoms with Gasteiger partial charge in [-0.1, -0.05) is 19.3 Å². The summed E-state index contributed by atoms with van der Waals surface area (Å²) in [5.74, 6) is -1.14. The Labute approximate surface area is 154 Å². The van der Waals surface area contributed by atoms with Crippen molar-refractivity contribution in [1.82, 2.24) is 0 Å². The van der Waals surface area contributed by atoms with Crippen LogP contribution in [0.3, 0.4) is 0 Å². The molecule has 1 saturated carbocycles. The first-order valence-electron chi connectivity index (χ1n) is 8.18. The predicted molar refractivity (Wildman–Crippen MR) is 94.4 cm³/mol. The molecule has 1 aromatic carbocycles. The lowest BCUT2D eigenvalue weighted by Crippen LogP contribution is -2.32. The van der Waals surface area contributed by atoms with Gasteiger partial charge in [-0.2, -0.15) is 0 Å². The Kier molecular flexibility index (Phi) is 6.78. The molecule has 8 heteroatoms. The summed E-state index contributed by atoms with van der Waals surface area (Å²) in [6.45, 7) is 0. The van der Waals surface area contributed by atoms with E-state index in [1.54, 1.807) is 0 Å². The number of carbonyl (C=O) groups excluding carboxylic acids is 1. The van der Waals surface area contributed by atoms with Crippen molar-refractivity contribution in [3.63, 3.8) is 0 Å². The van der Waals surface area contributed by atoms with Crippen molar-refractivity contribution < 1.29 is 24.3 Å². The number of ether oxygens (including phenoxy) is 2. The SMILES string of the molecule is COC(=O)C(C1CCCCC1)C(O)c1cc(Br)c(OC)cc1[N+](=O)[O-]. The van der Waals surface area contributed by atoms with Crippen molar-refractivity contribution >= 4 is 27.6 Å². The van der Waals surface area contributed by atoms with Gasteiger partial charge in [0.25, 0.3) is 5.69 Å². The first-order valence-corrected chi connectivity index (χ1v) is 8.97. The zero-order valence-corrected chi connectivity index (χ0v) is 15.8. The monoisotopic (exact) mass is 415 g/mol. The van der Waals surface area contributed by atoms with Crippen molar-refractivity contribution in [3.05, 3.63) is 32.3 Å². The van der Waals surface area contributed by atoms with Crippen LogP contribution in [0, 0.1) is 22.0 Å². The molecule has 0 radical (unpaired) electrons. The molecular weight excluding hydrogens is 394 g/mol. The molecule has 2 rings (SSSR count). The number of benzene rings is 1. The molecule has 0 aliphatic heterocycles. The summed E-state index contributed by atoms with van der Waals surface area (Å²) in [6, 6.07) is 2.69. The second-order valence-corrected chi connectivity index (χ2v) is 7.05. The van der Waals surface area contributed by atoms with Gasteiger partial charge in [0, 0.05) is 0 Å². The number of hydrogen-bond acceptors (Lipinski definition) is 6. The van der Waals surface area contributed by atoms with Crippen LogP contribution >= 0.6 is 15.9 Å². The van der Waals surface area contributed by atoms with E-state index < -0.39 is 22.9 Å². The molecule has 7 nitrogen and oxygen atoms in total. The third-order valence-corrected chi connectivity index (χ3v) is 5.41. The number of methoxy groups -OCH3 is 2. The van der Waals surface area contributed by atoms with E-state index in [1.165, 1.54) is 26.4 Å². The van der Waals surface area contributed by atoms with Gasteiger partial charge in [-0.3, -0.25) is 14.9 Å². The minimum absolute atomic E-state index is 0.0586. The zero-order valence-electron chi connectivity index (χ0n) is 14.2. The van der Waals surface area contributed by atoms with E-state index >= 15 is 0 Å². The summed E-state index contributed by atoms with van der Waals surface area (Å²) in [5.41, 5.74) is -0.198. The van der Waals surface area contributed by atoms with Crippen LogP contribution in [0.15, 0.2) is 16.6 Å². The summed E-state index contributed by atoms with van der Waals surface area (Å²) >= 11 is 3.28. The van der Waals surface area contributed by atoms with E-state index in [0.717, 1.165) is 32.1 Å². The first kappa shape index (κ1) is 19.7. The maximum absolute atomic E-state index is 12.3. The van der Waals surface area contributed by atoms with Crippen LogP contribution in [0.5, 0.6) is 5.75 Å². The number of aliphatic hydroxyl groups excluding tert-OH is 1. The van der Waals surface area contributed by atoms with Crippen LogP contribution < -0.4 is 4.74 Å². The van der Waals surface area contributed by atoms with E-state index in [-0.39, 0.29) is 22.9 Å². The van der Waals surface area contributed by atoms with Gasteiger partial charge < -0.3 is 14.6 Å². The topological polar surface area (TPSA) is 98.9 Å². The van der Waals surface area contributed by atoms with Crippen molar-refractivity contribution in [3.8, 4) is 5.75 Å². The Morgan fingerprint density at radius 1 is 1.32 bits per heavy atom. The molecule has 0 spiro atoms. The Morgan fingerprint density at radius 3 is 2.48 bits per heavy atom. The average molecular weight is 416 g/mol. The summed E-state index contributed by atoms with van der Waals surface area (Å²) in [6.07, 6.45) is 3.30. The number of halogens is 1. The van der Waals surface area contributed by atoms with Gasteiger partial charge in [0.1, 0.15) is 5.75 Å². The molecule has 1 aromatic rings. The minimum atomic E-state index is -1.32.